The van der Waals surface area contributed by atoms with E-state index in [2.05, 4.69) is 5.32 Å². The predicted octanol–water partition coefficient (Wildman–Crippen LogP) is 3.37. The van der Waals surface area contributed by atoms with Gasteiger partial charge in [0.15, 0.2) is 0 Å². The van der Waals surface area contributed by atoms with Gasteiger partial charge in [0.2, 0.25) is 0 Å². The van der Waals surface area contributed by atoms with Crippen LogP contribution in [0.1, 0.15) is 15.9 Å². The Hall–Kier alpha value is -2.78. The molecule has 5 nitrogen and oxygen atoms in total. The van der Waals surface area contributed by atoms with Gasteiger partial charge in [-0.2, -0.15) is 5.26 Å². The molecule has 0 aromatic heterocycles. The van der Waals surface area contributed by atoms with Crippen molar-refractivity contribution in [3.8, 4) is 6.07 Å². The Balaban J connectivity index is 2.50. The van der Waals surface area contributed by atoms with E-state index in [0.717, 1.165) is 12.1 Å². The summed E-state index contributed by atoms with van der Waals surface area (Å²) in [6.45, 7) is 0. The molecule has 0 unspecified atom stereocenters. The molecule has 0 bridgehead atoms. The Morgan fingerprint density at radius 2 is 2.05 bits per heavy atom. The van der Waals surface area contributed by atoms with Gasteiger partial charge in [-0.25, -0.2) is 9.18 Å². The van der Waals surface area contributed by atoms with Crippen LogP contribution in [0.3, 0.4) is 0 Å². The normalized spacial score (nSPS) is 9.95. The van der Waals surface area contributed by atoms with Crippen LogP contribution in [0.2, 0.25) is 5.02 Å². The molecule has 4 N–H and O–H groups in total. The molecule has 7 heteroatoms. The van der Waals surface area contributed by atoms with Crippen LogP contribution in [0, 0.1) is 17.1 Å². The first kappa shape index (κ1) is 14.6. The summed E-state index contributed by atoms with van der Waals surface area (Å²) in [7, 11) is 0. The SMILES string of the molecule is N#Cc1ccc(Cl)cc1Nc1cc(C(=O)O)c(N)cc1F. The molecule has 2 aromatic rings. The lowest BCUT2D eigenvalue weighted by Gasteiger charge is -2.11. The smallest absolute Gasteiger partial charge is 0.337 e. The summed E-state index contributed by atoms with van der Waals surface area (Å²) in [5.41, 5.74) is 5.42. The number of nitriles is 1. The van der Waals surface area contributed by atoms with E-state index in [1.807, 2.05) is 6.07 Å². The summed E-state index contributed by atoms with van der Waals surface area (Å²) in [4.78, 5) is 11.0. The number of benzene rings is 2. The average molecular weight is 306 g/mol. The molecule has 21 heavy (non-hydrogen) atoms. The van der Waals surface area contributed by atoms with Gasteiger partial charge in [-0.15, -0.1) is 0 Å². The number of aromatic carboxylic acids is 1. The van der Waals surface area contributed by atoms with E-state index in [0.29, 0.717) is 5.02 Å². The third-order valence-corrected chi connectivity index (χ3v) is 2.98. The fourth-order valence-electron chi connectivity index (χ4n) is 1.73. The zero-order valence-electron chi connectivity index (χ0n) is 10.5. The van der Waals surface area contributed by atoms with Crippen molar-refractivity contribution in [2.24, 2.45) is 0 Å². The Morgan fingerprint density at radius 1 is 1.33 bits per heavy atom. The van der Waals surface area contributed by atoms with E-state index in [9.17, 15) is 9.18 Å². The second kappa shape index (κ2) is 5.69. The van der Waals surface area contributed by atoms with Crippen molar-refractivity contribution in [3.05, 3.63) is 52.3 Å². The molecule has 106 valence electrons. The maximum atomic E-state index is 13.9. The van der Waals surface area contributed by atoms with Crippen LogP contribution in [-0.2, 0) is 0 Å². The molecule has 0 spiro atoms. The molecule has 0 aliphatic heterocycles. The fraction of sp³-hybridized carbons (Fsp3) is 0. The maximum absolute atomic E-state index is 13.9. The molecular formula is C14H9ClFN3O2. The Labute approximate surface area is 124 Å². The first-order chi connectivity index (χ1) is 9.92. The van der Waals surface area contributed by atoms with Crippen LogP contribution >= 0.6 is 11.6 Å². The Bertz CT molecular complexity index is 772. The molecule has 0 fully saturated rings. The highest BCUT2D eigenvalue weighted by atomic mass is 35.5. The number of carboxylic acid groups (broad SMARTS) is 1. The first-order valence-electron chi connectivity index (χ1n) is 5.71. The topological polar surface area (TPSA) is 99.1 Å². The zero-order valence-corrected chi connectivity index (χ0v) is 11.3. The summed E-state index contributed by atoms with van der Waals surface area (Å²) in [6.07, 6.45) is 0. The average Bonchev–Trinajstić information content (AvgIpc) is 2.41. The van der Waals surface area contributed by atoms with Gasteiger partial charge in [0, 0.05) is 10.7 Å². The van der Waals surface area contributed by atoms with Crippen molar-refractivity contribution in [3.63, 3.8) is 0 Å². The van der Waals surface area contributed by atoms with Crippen molar-refractivity contribution >= 4 is 34.6 Å². The molecule has 0 saturated carbocycles. The van der Waals surface area contributed by atoms with E-state index >= 15 is 0 Å². The van der Waals surface area contributed by atoms with Crippen molar-refractivity contribution in [2.45, 2.75) is 0 Å². The molecule has 2 aromatic carbocycles. The number of halogens is 2. The summed E-state index contributed by atoms with van der Waals surface area (Å²) in [5.74, 6) is -2.01. The van der Waals surface area contributed by atoms with Gasteiger partial charge >= 0.3 is 5.97 Å². The van der Waals surface area contributed by atoms with Crippen LogP contribution in [0.5, 0.6) is 0 Å². The molecule has 0 aliphatic carbocycles. The quantitative estimate of drug-likeness (QED) is 0.755. The lowest BCUT2D eigenvalue weighted by Crippen LogP contribution is -2.05. The van der Waals surface area contributed by atoms with Gasteiger partial charge in [-0.3, -0.25) is 0 Å². The van der Waals surface area contributed by atoms with Crippen LogP contribution in [-0.4, -0.2) is 11.1 Å². The predicted molar refractivity (Wildman–Crippen MR) is 77.2 cm³/mol. The Morgan fingerprint density at radius 3 is 2.67 bits per heavy atom. The number of nitrogens with two attached hydrogens (primary N) is 1. The van der Waals surface area contributed by atoms with Gasteiger partial charge in [-0.1, -0.05) is 11.6 Å². The molecule has 0 atom stereocenters. The molecule has 2 rings (SSSR count). The summed E-state index contributed by atoms with van der Waals surface area (Å²) < 4.78 is 13.9. The third kappa shape index (κ3) is 3.04. The van der Waals surface area contributed by atoms with Crippen LogP contribution in [0.15, 0.2) is 30.3 Å². The molecule has 0 aliphatic rings. The lowest BCUT2D eigenvalue weighted by molar-refractivity contribution is 0.0698. The minimum absolute atomic E-state index is 0.111. The van der Waals surface area contributed by atoms with Gasteiger partial charge in [0.05, 0.1) is 22.5 Å². The van der Waals surface area contributed by atoms with Gasteiger partial charge < -0.3 is 16.2 Å². The van der Waals surface area contributed by atoms with Gasteiger partial charge in [-0.05, 0) is 30.3 Å². The van der Waals surface area contributed by atoms with Crippen molar-refractivity contribution in [1.82, 2.24) is 0 Å². The van der Waals surface area contributed by atoms with E-state index in [1.54, 1.807) is 0 Å². The number of hydrogen-bond acceptors (Lipinski definition) is 4. The van der Waals surface area contributed by atoms with Crippen molar-refractivity contribution in [2.75, 3.05) is 11.1 Å². The third-order valence-electron chi connectivity index (χ3n) is 2.74. The number of nitrogens with one attached hydrogen (secondary N) is 1. The monoisotopic (exact) mass is 305 g/mol. The minimum atomic E-state index is -1.28. The molecule has 0 heterocycles. The number of hydrogen-bond donors (Lipinski definition) is 3. The maximum Gasteiger partial charge on any atom is 0.337 e. The highest BCUT2D eigenvalue weighted by molar-refractivity contribution is 6.30. The number of anilines is 3. The van der Waals surface area contributed by atoms with Crippen molar-refractivity contribution in [1.29, 1.82) is 5.26 Å². The highest BCUT2D eigenvalue weighted by Gasteiger charge is 2.14. The summed E-state index contributed by atoms with van der Waals surface area (Å²) >= 11 is 5.83. The van der Waals surface area contributed by atoms with Gasteiger partial charge in [0.1, 0.15) is 11.9 Å². The van der Waals surface area contributed by atoms with Crippen LogP contribution < -0.4 is 11.1 Å². The second-order valence-electron chi connectivity index (χ2n) is 4.15. The summed E-state index contributed by atoms with van der Waals surface area (Å²) in [6, 6.07) is 8.33. The number of carboxylic acids is 1. The zero-order chi connectivity index (χ0) is 15.6. The number of carbonyl (C=O) groups is 1. The number of rotatable bonds is 3. The van der Waals surface area contributed by atoms with E-state index in [-0.39, 0.29) is 28.2 Å². The summed E-state index contributed by atoms with van der Waals surface area (Å²) in [5, 5.41) is 21.0. The van der Waals surface area contributed by atoms with E-state index in [1.165, 1.54) is 18.2 Å². The van der Waals surface area contributed by atoms with E-state index in [4.69, 9.17) is 27.7 Å². The molecular weight excluding hydrogens is 297 g/mol. The van der Waals surface area contributed by atoms with Crippen molar-refractivity contribution < 1.29 is 14.3 Å². The Kier molecular flexibility index (Phi) is 3.96. The molecule has 0 amide bonds. The van der Waals surface area contributed by atoms with Gasteiger partial charge in [0.25, 0.3) is 0 Å². The molecule has 0 saturated heterocycles. The molecule has 0 radical (unpaired) electrons. The van der Waals surface area contributed by atoms with E-state index < -0.39 is 11.8 Å². The lowest BCUT2D eigenvalue weighted by atomic mass is 10.1. The number of nitrogens with zero attached hydrogens (tertiary/aromatic N) is 1. The number of nitrogen functional groups attached to an aromatic ring is 1. The largest absolute Gasteiger partial charge is 0.478 e. The highest BCUT2D eigenvalue weighted by Crippen LogP contribution is 2.28. The standard InChI is InChI=1S/C14H9ClFN3O2/c15-8-2-1-7(6-17)12(3-8)19-13-4-9(14(20)21)11(18)5-10(13)16/h1-5,19H,18H2,(H,20,21). The fourth-order valence-corrected chi connectivity index (χ4v) is 1.90. The minimum Gasteiger partial charge on any atom is -0.478 e. The van der Waals surface area contributed by atoms with Crippen LogP contribution in [0.25, 0.3) is 0 Å². The van der Waals surface area contributed by atoms with Crippen LogP contribution in [0.4, 0.5) is 21.5 Å². The second-order valence-corrected chi connectivity index (χ2v) is 4.59. The first-order valence-corrected chi connectivity index (χ1v) is 6.09.